The third kappa shape index (κ3) is 3.76. The molecule has 1 fully saturated rings. The van der Waals surface area contributed by atoms with Crippen molar-refractivity contribution in [2.75, 3.05) is 33.5 Å². The topological polar surface area (TPSA) is 39.7 Å². The largest absolute Gasteiger partial charge is 0.497 e. The number of methoxy groups -OCH3 is 1. The molecule has 1 unspecified atom stereocenters. The van der Waals surface area contributed by atoms with Crippen LogP contribution >= 0.6 is 0 Å². The molecule has 0 radical (unpaired) electrons. The Labute approximate surface area is 127 Å². The molecule has 1 saturated heterocycles. The standard InChI is InChI=1S/C17H27NO3/c1-4-18-16(14-7-6-8-15(13-14)19-3)17(21-5-2)9-11-20-12-10-17/h6-8,13,16,18H,4-5,9-12H2,1-3H3. The van der Waals surface area contributed by atoms with Crippen molar-refractivity contribution in [1.29, 1.82) is 0 Å². The summed E-state index contributed by atoms with van der Waals surface area (Å²) in [6.45, 7) is 7.32. The zero-order chi connectivity index (χ0) is 15.1. The first kappa shape index (κ1) is 16.3. The number of rotatable bonds is 7. The lowest BCUT2D eigenvalue weighted by molar-refractivity contribution is -0.127. The van der Waals surface area contributed by atoms with Gasteiger partial charge >= 0.3 is 0 Å². The lowest BCUT2D eigenvalue weighted by Gasteiger charge is -2.43. The number of hydrogen-bond acceptors (Lipinski definition) is 4. The summed E-state index contributed by atoms with van der Waals surface area (Å²) in [6, 6.07) is 8.41. The predicted molar refractivity (Wildman–Crippen MR) is 83.8 cm³/mol. The van der Waals surface area contributed by atoms with E-state index < -0.39 is 0 Å². The Balaban J connectivity index is 2.33. The average Bonchev–Trinajstić information content (AvgIpc) is 2.53. The first-order valence-electron chi connectivity index (χ1n) is 7.84. The Morgan fingerprint density at radius 1 is 1.29 bits per heavy atom. The minimum absolute atomic E-state index is 0.154. The van der Waals surface area contributed by atoms with Gasteiger partial charge in [0.05, 0.1) is 18.8 Å². The number of nitrogens with one attached hydrogen (secondary N) is 1. The van der Waals surface area contributed by atoms with Crippen LogP contribution in [0.1, 0.15) is 38.3 Å². The summed E-state index contributed by atoms with van der Waals surface area (Å²) in [5, 5.41) is 3.61. The molecule has 1 aromatic carbocycles. The summed E-state index contributed by atoms with van der Waals surface area (Å²) in [7, 11) is 1.70. The van der Waals surface area contributed by atoms with E-state index in [9.17, 15) is 0 Å². The second kappa shape index (κ2) is 7.78. The van der Waals surface area contributed by atoms with Gasteiger partial charge < -0.3 is 19.5 Å². The van der Waals surface area contributed by atoms with Crippen LogP contribution in [0.5, 0.6) is 5.75 Å². The first-order valence-corrected chi connectivity index (χ1v) is 7.84. The van der Waals surface area contributed by atoms with Gasteiger partial charge in [0.15, 0.2) is 0 Å². The maximum atomic E-state index is 6.23. The minimum atomic E-state index is -0.199. The van der Waals surface area contributed by atoms with Crippen LogP contribution in [-0.4, -0.2) is 39.1 Å². The van der Waals surface area contributed by atoms with E-state index in [2.05, 4.69) is 31.3 Å². The second-order valence-corrected chi connectivity index (χ2v) is 5.38. The molecule has 0 aromatic heterocycles. The Hall–Kier alpha value is -1.10. The van der Waals surface area contributed by atoms with Gasteiger partial charge in [0, 0.05) is 32.7 Å². The Morgan fingerprint density at radius 3 is 2.67 bits per heavy atom. The van der Waals surface area contributed by atoms with Crippen LogP contribution in [-0.2, 0) is 9.47 Å². The average molecular weight is 293 g/mol. The zero-order valence-electron chi connectivity index (χ0n) is 13.4. The van der Waals surface area contributed by atoms with Crippen LogP contribution < -0.4 is 10.1 Å². The lowest BCUT2D eigenvalue weighted by Crippen LogP contribution is -2.50. The SMILES string of the molecule is CCNC(c1cccc(OC)c1)C1(OCC)CCOCC1. The molecular formula is C17H27NO3. The molecule has 1 aromatic rings. The molecule has 1 atom stereocenters. The normalized spacial score (nSPS) is 19.2. The van der Waals surface area contributed by atoms with Crippen molar-refractivity contribution >= 4 is 0 Å². The summed E-state index contributed by atoms with van der Waals surface area (Å²) in [5.74, 6) is 0.883. The van der Waals surface area contributed by atoms with Crippen LogP contribution in [0, 0.1) is 0 Å². The number of benzene rings is 1. The van der Waals surface area contributed by atoms with Crippen LogP contribution in [0.15, 0.2) is 24.3 Å². The molecule has 1 N–H and O–H groups in total. The van der Waals surface area contributed by atoms with Crippen molar-refractivity contribution in [3.63, 3.8) is 0 Å². The van der Waals surface area contributed by atoms with Crippen molar-refractivity contribution in [3.8, 4) is 5.75 Å². The highest BCUT2D eigenvalue weighted by molar-refractivity contribution is 5.32. The third-order valence-electron chi connectivity index (χ3n) is 4.13. The van der Waals surface area contributed by atoms with Gasteiger partial charge in [-0.15, -0.1) is 0 Å². The molecule has 21 heavy (non-hydrogen) atoms. The molecule has 2 rings (SSSR count). The zero-order valence-corrected chi connectivity index (χ0v) is 13.4. The summed E-state index contributed by atoms with van der Waals surface area (Å²) in [4.78, 5) is 0. The minimum Gasteiger partial charge on any atom is -0.497 e. The first-order chi connectivity index (χ1) is 10.3. The molecule has 1 aliphatic rings. The number of ether oxygens (including phenoxy) is 3. The molecule has 0 amide bonds. The molecule has 118 valence electrons. The summed E-state index contributed by atoms with van der Waals surface area (Å²) in [6.07, 6.45) is 1.82. The highest BCUT2D eigenvalue weighted by atomic mass is 16.5. The van der Waals surface area contributed by atoms with Gasteiger partial charge in [0.25, 0.3) is 0 Å². The maximum absolute atomic E-state index is 6.23. The van der Waals surface area contributed by atoms with E-state index in [1.54, 1.807) is 7.11 Å². The van der Waals surface area contributed by atoms with E-state index in [0.717, 1.165) is 38.3 Å². The predicted octanol–water partition coefficient (Wildman–Crippen LogP) is 2.93. The molecule has 0 aliphatic carbocycles. The van der Waals surface area contributed by atoms with Gasteiger partial charge in [0.2, 0.25) is 0 Å². The highest BCUT2D eigenvalue weighted by Crippen LogP contribution is 2.38. The van der Waals surface area contributed by atoms with E-state index in [1.165, 1.54) is 5.56 Å². The quantitative estimate of drug-likeness (QED) is 0.839. The van der Waals surface area contributed by atoms with Gasteiger partial charge in [-0.2, -0.15) is 0 Å². The number of likely N-dealkylation sites (N-methyl/N-ethyl adjacent to an activating group) is 1. The van der Waals surface area contributed by atoms with Crippen LogP contribution in [0.4, 0.5) is 0 Å². The highest BCUT2D eigenvalue weighted by Gasteiger charge is 2.41. The van der Waals surface area contributed by atoms with E-state index in [-0.39, 0.29) is 11.6 Å². The van der Waals surface area contributed by atoms with Crippen LogP contribution in [0.2, 0.25) is 0 Å². The van der Waals surface area contributed by atoms with E-state index in [4.69, 9.17) is 14.2 Å². The van der Waals surface area contributed by atoms with Crippen molar-refractivity contribution in [1.82, 2.24) is 5.32 Å². The molecule has 1 heterocycles. The van der Waals surface area contributed by atoms with E-state index >= 15 is 0 Å². The Morgan fingerprint density at radius 2 is 2.05 bits per heavy atom. The van der Waals surface area contributed by atoms with Gasteiger partial charge in [0.1, 0.15) is 5.75 Å². The molecule has 0 saturated carbocycles. The third-order valence-corrected chi connectivity index (χ3v) is 4.13. The Kier molecular flexibility index (Phi) is 6.03. The molecular weight excluding hydrogens is 266 g/mol. The molecule has 0 spiro atoms. The van der Waals surface area contributed by atoms with E-state index in [1.807, 2.05) is 12.1 Å². The maximum Gasteiger partial charge on any atom is 0.119 e. The molecule has 4 heteroatoms. The molecule has 1 aliphatic heterocycles. The fourth-order valence-corrected chi connectivity index (χ4v) is 3.15. The fraction of sp³-hybridized carbons (Fsp3) is 0.647. The van der Waals surface area contributed by atoms with Gasteiger partial charge in [-0.25, -0.2) is 0 Å². The smallest absolute Gasteiger partial charge is 0.119 e. The van der Waals surface area contributed by atoms with Crippen molar-refractivity contribution < 1.29 is 14.2 Å². The number of hydrogen-bond donors (Lipinski definition) is 1. The van der Waals surface area contributed by atoms with Crippen LogP contribution in [0.3, 0.4) is 0 Å². The fourth-order valence-electron chi connectivity index (χ4n) is 3.15. The van der Waals surface area contributed by atoms with Crippen molar-refractivity contribution in [2.45, 2.75) is 38.3 Å². The lowest BCUT2D eigenvalue weighted by atomic mass is 9.82. The van der Waals surface area contributed by atoms with Gasteiger partial charge in [-0.3, -0.25) is 0 Å². The van der Waals surface area contributed by atoms with Crippen molar-refractivity contribution in [3.05, 3.63) is 29.8 Å². The Bertz CT molecular complexity index is 424. The van der Waals surface area contributed by atoms with Gasteiger partial charge in [-0.1, -0.05) is 19.1 Å². The monoisotopic (exact) mass is 293 g/mol. The summed E-state index contributed by atoms with van der Waals surface area (Å²) in [5.41, 5.74) is 1.02. The second-order valence-electron chi connectivity index (χ2n) is 5.38. The van der Waals surface area contributed by atoms with Crippen LogP contribution in [0.25, 0.3) is 0 Å². The van der Waals surface area contributed by atoms with Gasteiger partial charge in [-0.05, 0) is 31.2 Å². The van der Waals surface area contributed by atoms with E-state index in [0.29, 0.717) is 6.61 Å². The van der Waals surface area contributed by atoms with Crippen molar-refractivity contribution in [2.24, 2.45) is 0 Å². The molecule has 0 bridgehead atoms. The molecule has 4 nitrogen and oxygen atoms in total. The summed E-state index contributed by atoms with van der Waals surface area (Å²) < 4.78 is 17.1. The summed E-state index contributed by atoms with van der Waals surface area (Å²) >= 11 is 0.